The van der Waals surface area contributed by atoms with E-state index in [-0.39, 0.29) is 17.3 Å². The molecule has 0 bridgehead atoms. The molecule has 0 saturated heterocycles. The number of nitrogens with two attached hydrogens (primary N) is 1. The molecule has 0 aliphatic heterocycles. The van der Waals surface area contributed by atoms with Crippen LogP contribution < -0.4 is 16.6 Å². The Labute approximate surface area is 158 Å². The maximum Gasteiger partial charge on any atom is 0.253 e. The Hall–Kier alpha value is -2.65. The molecule has 0 radical (unpaired) electrons. The van der Waals surface area contributed by atoms with Crippen LogP contribution in [-0.4, -0.2) is 26.1 Å². The van der Waals surface area contributed by atoms with Crippen LogP contribution in [0.15, 0.2) is 51.7 Å². The minimum Gasteiger partial charge on any atom is -0.383 e. The van der Waals surface area contributed by atoms with Gasteiger partial charge in [0.2, 0.25) is 5.91 Å². The SMILES string of the molecule is CC[C@@H](Sc1nc(N)cc(=O)[nH]1)C(=O)Nc1nc(-c2ccccc2)cs1. The van der Waals surface area contributed by atoms with Gasteiger partial charge < -0.3 is 16.0 Å². The van der Waals surface area contributed by atoms with Gasteiger partial charge in [0.25, 0.3) is 5.56 Å². The first kappa shape index (κ1) is 18.2. The van der Waals surface area contributed by atoms with E-state index in [1.165, 1.54) is 29.2 Å². The van der Waals surface area contributed by atoms with Crippen molar-refractivity contribution in [2.24, 2.45) is 0 Å². The molecule has 4 N–H and O–H groups in total. The second-order valence-corrected chi connectivity index (χ2v) is 7.43. The van der Waals surface area contributed by atoms with E-state index in [9.17, 15) is 9.59 Å². The lowest BCUT2D eigenvalue weighted by atomic mass is 10.2. The quantitative estimate of drug-likeness (QED) is 0.443. The third-order valence-corrected chi connectivity index (χ3v) is 5.47. The molecule has 0 saturated carbocycles. The molecule has 0 aliphatic rings. The smallest absolute Gasteiger partial charge is 0.253 e. The molecule has 9 heteroatoms. The zero-order valence-electron chi connectivity index (χ0n) is 13.9. The summed E-state index contributed by atoms with van der Waals surface area (Å²) in [6.07, 6.45) is 0.561. The number of hydrogen-bond acceptors (Lipinski definition) is 7. The van der Waals surface area contributed by atoms with Gasteiger partial charge in [-0.1, -0.05) is 49.0 Å². The third kappa shape index (κ3) is 4.50. The van der Waals surface area contributed by atoms with Crippen molar-refractivity contribution in [3.8, 4) is 11.3 Å². The monoisotopic (exact) mass is 387 g/mol. The van der Waals surface area contributed by atoms with E-state index in [2.05, 4.69) is 20.3 Å². The van der Waals surface area contributed by atoms with E-state index in [4.69, 9.17) is 5.73 Å². The summed E-state index contributed by atoms with van der Waals surface area (Å²) in [4.78, 5) is 35.1. The summed E-state index contributed by atoms with van der Waals surface area (Å²) >= 11 is 2.53. The predicted octanol–water partition coefficient (Wildman–Crippen LogP) is 2.99. The highest BCUT2D eigenvalue weighted by atomic mass is 32.2. The molecule has 1 aromatic carbocycles. The number of amides is 1. The lowest BCUT2D eigenvalue weighted by Gasteiger charge is -2.12. The Kier molecular flexibility index (Phi) is 5.69. The Morgan fingerprint density at radius 3 is 2.81 bits per heavy atom. The van der Waals surface area contributed by atoms with Gasteiger partial charge in [-0.15, -0.1) is 11.3 Å². The van der Waals surface area contributed by atoms with Crippen molar-refractivity contribution in [2.75, 3.05) is 11.1 Å². The lowest BCUT2D eigenvalue weighted by Crippen LogP contribution is -2.25. The van der Waals surface area contributed by atoms with Crippen LogP contribution in [0.5, 0.6) is 0 Å². The van der Waals surface area contributed by atoms with E-state index in [0.29, 0.717) is 16.7 Å². The first-order valence-electron chi connectivity index (χ1n) is 7.90. The zero-order chi connectivity index (χ0) is 18.5. The maximum absolute atomic E-state index is 12.5. The van der Waals surface area contributed by atoms with E-state index in [0.717, 1.165) is 11.3 Å². The van der Waals surface area contributed by atoms with Crippen LogP contribution in [0.3, 0.4) is 0 Å². The van der Waals surface area contributed by atoms with Gasteiger partial charge in [0, 0.05) is 17.0 Å². The second kappa shape index (κ2) is 8.15. The lowest BCUT2D eigenvalue weighted by molar-refractivity contribution is -0.115. The molecule has 26 heavy (non-hydrogen) atoms. The summed E-state index contributed by atoms with van der Waals surface area (Å²) in [5.74, 6) is -0.0736. The van der Waals surface area contributed by atoms with Crippen LogP contribution in [-0.2, 0) is 4.79 Å². The number of nitrogen functional groups attached to an aromatic ring is 1. The first-order chi connectivity index (χ1) is 12.5. The number of nitrogens with zero attached hydrogens (tertiary/aromatic N) is 2. The average Bonchev–Trinajstić information content (AvgIpc) is 3.08. The molecule has 0 unspecified atom stereocenters. The van der Waals surface area contributed by atoms with Crippen molar-refractivity contribution in [1.82, 2.24) is 15.0 Å². The van der Waals surface area contributed by atoms with Crippen molar-refractivity contribution in [2.45, 2.75) is 23.8 Å². The fourth-order valence-electron chi connectivity index (χ4n) is 2.22. The fourth-order valence-corrected chi connectivity index (χ4v) is 3.87. The van der Waals surface area contributed by atoms with Gasteiger partial charge in [-0.3, -0.25) is 9.59 Å². The number of nitrogens with one attached hydrogen (secondary N) is 2. The topological polar surface area (TPSA) is 114 Å². The molecule has 1 atom stereocenters. The highest BCUT2D eigenvalue weighted by Gasteiger charge is 2.20. The number of anilines is 2. The number of carbonyl (C=O) groups is 1. The molecule has 3 aromatic rings. The largest absolute Gasteiger partial charge is 0.383 e. The Bertz CT molecular complexity index is 955. The molecule has 1 amide bonds. The van der Waals surface area contributed by atoms with Crippen LogP contribution in [0, 0.1) is 0 Å². The summed E-state index contributed by atoms with van der Waals surface area (Å²) in [6.45, 7) is 1.89. The van der Waals surface area contributed by atoms with Crippen molar-refractivity contribution in [1.29, 1.82) is 0 Å². The number of aromatic nitrogens is 3. The predicted molar refractivity (Wildman–Crippen MR) is 105 cm³/mol. The number of carbonyl (C=O) groups excluding carboxylic acids is 1. The number of benzene rings is 1. The first-order valence-corrected chi connectivity index (χ1v) is 9.66. The number of thioether (sulfide) groups is 1. The molecule has 0 spiro atoms. The second-order valence-electron chi connectivity index (χ2n) is 5.38. The molecule has 3 rings (SSSR count). The third-order valence-electron chi connectivity index (χ3n) is 3.46. The van der Waals surface area contributed by atoms with Crippen molar-refractivity contribution >= 4 is 40.0 Å². The molecule has 7 nitrogen and oxygen atoms in total. The van der Waals surface area contributed by atoms with Gasteiger partial charge >= 0.3 is 0 Å². The molecule has 0 aliphatic carbocycles. The summed E-state index contributed by atoms with van der Waals surface area (Å²) in [5, 5.41) is 5.15. The fraction of sp³-hybridized carbons (Fsp3) is 0.176. The Morgan fingerprint density at radius 2 is 2.12 bits per heavy atom. The highest BCUT2D eigenvalue weighted by Crippen LogP contribution is 2.27. The van der Waals surface area contributed by atoms with E-state index in [1.807, 2.05) is 42.6 Å². The number of H-pyrrole nitrogens is 1. The van der Waals surface area contributed by atoms with Gasteiger partial charge in [0.1, 0.15) is 5.82 Å². The van der Waals surface area contributed by atoms with E-state index >= 15 is 0 Å². The minimum absolute atomic E-state index is 0.124. The molecular formula is C17H17N5O2S2. The maximum atomic E-state index is 12.5. The van der Waals surface area contributed by atoms with Gasteiger partial charge in [-0.2, -0.15) is 0 Å². The van der Waals surface area contributed by atoms with Gasteiger partial charge in [0.05, 0.1) is 10.9 Å². The van der Waals surface area contributed by atoms with Crippen LogP contribution in [0.1, 0.15) is 13.3 Å². The average molecular weight is 387 g/mol. The molecule has 0 fully saturated rings. The normalized spacial score (nSPS) is 11.9. The van der Waals surface area contributed by atoms with Crippen LogP contribution in [0.25, 0.3) is 11.3 Å². The Balaban J connectivity index is 1.69. The van der Waals surface area contributed by atoms with Crippen molar-refractivity contribution in [3.05, 3.63) is 52.1 Å². The van der Waals surface area contributed by atoms with E-state index < -0.39 is 5.25 Å². The Morgan fingerprint density at radius 1 is 1.35 bits per heavy atom. The van der Waals surface area contributed by atoms with Crippen LogP contribution in [0.2, 0.25) is 0 Å². The summed E-state index contributed by atoms with van der Waals surface area (Å²) < 4.78 is 0. The van der Waals surface area contributed by atoms with Gasteiger partial charge in [-0.25, -0.2) is 9.97 Å². The molecule has 134 valence electrons. The van der Waals surface area contributed by atoms with Crippen molar-refractivity contribution < 1.29 is 4.79 Å². The standard InChI is InChI=1S/C17H17N5O2S2/c1-2-12(26-17-20-13(18)8-14(23)21-17)15(24)22-16-19-11(9-25-16)10-6-4-3-5-7-10/h3-9,12H,2H2,1H3,(H,19,22,24)(H3,18,20,21,23)/t12-/m1/s1. The highest BCUT2D eigenvalue weighted by molar-refractivity contribution is 8.00. The number of hydrogen-bond donors (Lipinski definition) is 3. The number of rotatable bonds is 6. The molecule has 2 aromatic heterocycles. The summed E-state index contributed by atoms with van der Waals surface area (Å²) in [5.41, 5.74) is 7.04. The van der Waals surface area contributed by atoms with Crippen LogP contribution in [0.4, 0.5) is 10.9 Å². The number of aromatic amines is 1. The molecular weight excluding hydrogens is 370 g/mol. The van der Waals surface area contributed by atoms with E-state index in [1.54, 1.807) is 0 Å². The number of thiazole rings is 1. The summed E-state index contributed by atoms with van der Waals surface area (Å²) in [7, 11) is 0. The molecule has 2 heterocycles. The zero-order valence-corrected chi connectivity index (χ0v) is 15.6. The van der Waals surface area contributed by atoms with Gasteiger partial charge in [0.15, 0.2) is 10.3 Å². The van der Waals surface area contributed by atoms with Crippen molar-refractivity contribution in [3.63, 3.8) is 0 Å². The summed E-state index contributed by atoms with van der Waals surface area (Å²) in [6, 6.07) is 11.0. The minimum atomic E-state index is -0.427. The van der Waals surface area contributed by atoms with Crippen LogP contribution >= 0.6 is 23.1 Å². The van der Waals surface area contributed by atoms with Gasteiger partial charge in [-0.05, 0) is 6.42 Å².